The largest absolute Gasteiger partial charge is 0.480 e. The number of pyridine rings is 1. The standard InChI is InChI=1S/C13H19N3O3/c1-3-8(2)12(13(18)19)16-11(17)6-10-5-4-9(14)7-15-10/h4-5,7-8,12H,3,6,14H2,1-2H3,(H,16,17)(H,18,19)/t8?,12-/m0/s1. The van der Waals surface area contributed by atoms with E-state index in [-0.39, 0.29) is 18.2 Å². The number of anilines is 1. The van der Waals surface area contributed by atoms with E-state index in [0.717, 1.165) is 0 Å². The number of carboxylic acids is 1. The van der Waals surface area contributed by atoms with Crippen LogP contribution >= 0.6 is 0 Å². The molecule has 0 aromatic carbocycles. The van der Waals surface area contributed by atoms with Crippen LogP contribution in [0, 0.1) is 5.92 Å². The SMILES string of the molecule is CCC(C)[C@H](NC(=O)Cc1ccc(N)cn1)C(=O)O. The Balaban J connectivity index is 2.62. The maximum Gasteiger partial charge on any atom is 0.326 e. The zero-order valence-corrected chi connectivity index (χ0v) is 11.1. The Labute approximate surface area is 112 Å². The summed E-state index contributed by atoms with van der Waals surface area (Å²) < 4.78 is 0. The van der Waals surface area contributed by atoms with Gasteiger partial charge in [-0.3, -0.25) is 9.78 Å². The summed E-state index contributed by atoms with van der Waals surface area (Å²) in [5, 5.41) is 11.6. The molecule has 1 unspecified atom stereocenters. The number of carbonyl (C=O) groups excluding carboxylic acids is 1. The number of carboxylic acid groups (broad SMARTS) is 1. The van der Waals surface area contributed by atoms with Gasteiger partial charge in [0.1, 0.15) is 6.04 Å². The third-order valence-electron chi connectivity index (χ3n) is 2.98. The van der Waals surface area contributed by atoms with Crippen molar-refractivity contribution in [3.8, 4) is 0 Å². The van der Waals surface area contributed by atoms with Crippen molar-refractivity contribution >= 4 is 17.6 Å². The molecule has 0 aliphatic carbocycles. The Kier molecular flexibility index (Phi) is 5.29. The number of aromatic nitrogens is 1. The van der Waals surface area contributed by atoms with E-state index >= 15 is 0 Å². The maximum absolute atomic E-state index is 11.8. The van der Waals surface area contributed by atoms with Crippen molar-refractivity contribution in [2.45, 2.75) is 32.7 Å². The van der Waals surface area contributed by atoms with Gasteiger partial charge in [0.15, 0.2) is 0 Å². The predicted molar refractivity (Wildman–Crippen MR) is 71.4 cm³/mol. The van der Waals surface area contributed by atoms with Gasteiger partial charge in [-0.15, -0.1) is 0 Å². The second-order valence-corrected chi connectivity index (χ2v) is 4.53. The minimum Gasteiger partial charge on any atom is -0.480 e. The highest BCUT2D eigenvalue weighted by atomic mass is 16.4. The fraction of sp³-hybridized carbons (Fsp3) is 0.462. The number of hydrogen-bond acceptors (Lipinski definition) is 4. The minimum absolute atomic E-state index is 0.0422. The fourth-order valence-corrected chi connectivity index (χ4v) is 1.61. The molecule has 0 saturated heterocycles. The second-order valence-electron chi connectivity index (χ2n) is 4.53. The van der Waals surface area contributed by atoms with Gasteiger partial charge in [-0.1, -0.05) is 20.3 Å². The third-order valence-corrected chi connectivity index (χ3v) is 2.98. The van der Waals surface area contributed by atoms with Gasteiger partial charge in [0.05, 0.1) is 18.3 Å². The number of nitrogens with zero attached hydrogens (tertiary/aromatic N) is 1. The highest BCUT2D eigenvalue weighted by Crippen LogP contribution is 2.08. The van der Waals surface area contributed by atoms with E-state index in [9.17, 15) is 9.59 Å². The van der Waals surface area contributed by atoms with Crippen LogP contribution in [0.5, 0.6) is 0 Å². The van der Waals surface area contributed by atoms with Gasteiger partial charge in [-0.2, -0.15) is 0 Å². The number of nitrogens with two attached hydrogens (primary N) is 1. The normalized spacial score (nSPS) is 13.6. The Morgan fingerprint density at radius 2 is 2.16 bits per heavy atom. The van der Waals surface area contributed by atoms with Crippen molar-refractivity contribution in [2.24, 2.45) is 5.92 Å². The molecular weight excluding hydrogens is 246 g/mol. The molecule has 4 N–H and O–H groups in total. The van der Waals surface area contributed by atoms with Crippen LogP contribution in [0.15, 0.2) is 18.3 Å². The van der Waals surface area contributed by atoms with E-state index in [0.29, 0.717) is 17.8 Å². The molecule has 1 amide bonds. The van der Waals surface area contributed by atoms with Crippen LogP contribution in [-0.2, 0) is 16.0 Å². The Bertz CT molecular complexity index is 445. The number of amides is 1. The number of carbonyl (C=O) groups is 2. The van der Waals surface area contributed by atoms with Crippen molar-refractivity contribution in [2.75, 3.05) is 5.73 Å². The molecule has 6 heteroatoms. The lowest BCUT2D eigenvalue weighted by Gasteiger charge is -2.20. The average Bonchev–Trinajstić information content (AvgIpc) is 2.37. The number of hydrogen-bond donors (Lipinski definition) is 3. The summed E-state index contributed by atoms with van der Waals surface area (Å²) in [5.74, 6) is -1.50. The first-order valence-electron chi connectivity index (χ1n) is 6.16. The summed E-state index contributed by atoms with van der Waals surface area (Å²) in [6.07, 6.45) is 2.18. The molecule has 0 bridgehead atoms. The van der Waals surface area contributed by atoms with Gasteiger partial charge in [0, 0.05) is 5.69 Å². The summed E-state index contributed by atoms with van der Waals surface area (Å²) in [6.45, 7) is 3.68. The molecule has 104 valence electrons. The smallest absolute Gasteiger partial charge is 0.326 e. The number of rotatable bonds is 6. The van der Waals surface area contributed by atoms with Crippen molar-refractivity contribution in [3.05, 3.63) is 24.0 Å². The lowest BCUT2D eigenvalue weighted by molar-refractivity contribution is -0.143. The molecule has 0 aliphatic rings. The van der Waals surface area contributed by atoms with Gasteiger partial charge >= 0.3 is 5.97 Å². The molecule has 0 spiro atoms. The first kappa shape index (κ1) is 14.9. The quantitative estimate of drug-likeness (QED) is 0.706. The highest BCUT2D eigenvalue weighted by molar-refractivity contribution is 5.84. The number of nitrogen functional groups attached to an aromatic ring is 1. The predicted octanol–water partition coefficient (Wildman–Crippen LogP) is 0.822. The Morgan fingerprint density at radius 1 is 1.47 bits per heavy atom. The zero-order valence-electron chi connectivity index (χ0n) is 11.1. The number of aliphatic carboxylic acids is 1. The van der Waals surface area contributed by atoms with Crippen LogP contribution in [0.1, 0.15) is 26.0 Å². The van der Waals surface area contributed by atoms with Crippen molar-refractivity contribution < 1.29 is 14.7 Å². The maximum atomic E-state index is 11.8. The molecular formula is C13H19N3O3. The molecule has 0 radical (unpaired) electrons. The molecule has 1 aromatic heterocycles. The Morgan fingerprint density at radius 3 is 2.63 bits per heavy atom. The van der Waals surface area contributed by atoms with E-state index in [1.54, 1.807) is 19.1 Å². The molecule has 0 saturated carbocycles. The summed E-state index contributed by atoms with van der Waals surface area (Å²) in [6, 6.07) is 2.43. The summed E-state index contributed by atoms with van der Waals surface area (Å²) in [7, 11) is 0. The van der Waals surface area contributed by atoms with Crippen LogP contribution in [0.4, 0.5) is 5.69 Å². The molecule has 1 heterocycles. The van der Waals surface area contributed by atoms with Crippen LogP contribution in [0.25, 0.3) is 0 Å². The molecule has 1 rings (SSSR count). The van der Waals surface area contributed by atoms with Crippen LogP contribution in [0.2, 0.25) is 0 Å². The summed E-state index contributed by atoms with van der Waals surface area (Å²) in [4.78, 5) is 26.9. The number of nitrogens with one attached hydrogen (secondary N) is 1. The van der Waals surface area contributed by atoms with Crippen molar-refractivity contribution in [3.63, 3.8) is 0 Å². The Hall–Kier alpha value is -2.11. The first-order chi connectivity index (χ1) is 8.93. The van der Waals surface area contributed by atoms with Gasteiger partial charge in [-0.05, 0) is 18.1 Å². The van der Waals surface area contributed by atoms with Crippen molar-refractivity contribution in [1.29, 1.82) is 0 Å². The van der Waals surface area contributed by atoms with Crippen LogP contribution in [0.3, 0.4) is 0 Å². The summed E-state index contributed by atoms with van der Waals surface area (Å²) >= 11 is 0. The topological polar surface area (TPSA) is 105 Å². The van der Waals surface area contributed by atoms with Crippen molar-refractivity contribution in [1.82, 2.24) is 10.3 Å². The molecule has 6 nitrogen and oxygen atoms in total. The zero-order chi connectivity index (χ0) is 14.4. The van der Waals surface area contributed by atoms with E-state index in [1.165, 1.54) is 6.20 Å². The van der Waals surface area contributed by atoms with E-state index in [4.69, 9.17) is 10.8 Å². The van der Waals surface area contributed by atoms with Gasteiger partial charge in [0.25, 0.3) is 0 Å². The van der Waals surface area contributed by atoms with Gasteiger partial charge < -0.3 is 16.2 Å². The minimum atomic E-state index is -1.02. The average molecular weight is 265 g/mol. The van der Waals surface area contributed by atoms with E-state index < -0.39 is 12.0 Å². The molecule has 0 aliphatic heterocycles. The van der Waals surface area contributed by atoms with Gasteiger partial charge in [0.2, 0.25) is 5.91 Å². The molecule has 19 heavy (non-hydrogen) atoms. The molecule has 0 fully saturated rings. The lowest BCUT2D eigenvalue weighted by atomic mass is 9.99. The second kappa shape index (κ2) is 6.72. The van der Waals surface area contributed by atoms with Crippen LogP contribution in [-0.4, -0.2) is 28.0 Å². The lowest BCUT2D eigenvalue weighted by Crippen LogP contribution is -2.45. The monoisotopic (exact) mass is 265 g/mol. The molecule has 2 atom stereocenters. The fourth-order valence-electron chi connectivity index (χ4n) is 1.61. The molecule has 1 aromatic rings. The van der Waals surface area contributed by atoms with E-state index in [1.807, 2.05) is 6.92 Å². The first-order valence-corrected chi connectivity index (χ1v) is 6.16. The van der Waals surface area contributed by atoms with E-state index in [2.05, 4.69) is 10.3 Å². The summed E-state index contributed by atoms with van der Waals surface area (Å²) in [5.41, 5.74) is 6.57. The third kappa shape index (κ3) is 4.57. The van der Waals surface area contributed by atoms with Gasteiger partial charge in [-0.25, -0.2) is 4.79 Å². The highest BCUT2D eigenvalue weighted by Gasteiger charge is 2.25. The van der Waals surface area contributed by atoms with Crippen LogP contribution < -0.4 is 11.1 Å².